The molecule has 1 aliphatic rings. The highest BCUT2D eigenvalue weighted by molar-refractivity contribution is 7.92. The quantitative estimate of drug-likeness (QED) is 0.736. The Hall–Kier alpha value is -1.76. The van der Waals surface area contributed by atoms with Crippen LogP contribution in [-0.2, 0) is 9.84 Å². The minimum Gasteiger partial charge on any atom is -0.497 e. The first-order valence-corrected chi connectivity index (χ1v) is 10.8. The summed E-state index contributed by atoms with van der Waals surface area (Å²) in [6, 6.07) is 11.1. The smallest absolute Gasteiger partial charge is 0.255 e. The van der Waals surface area contributed by atoms with Gasteiger partial charge in [0.25, 0.3) is 5.91 Å². The summed E-state index contributed by atoms with van der Waals surface area (Å²) in [5, 5.41) is 0.233. The summed E-state index contributed by atoms with van der Waals surface area (Å²) >= 11 is 12.0. The van der Waals surface area contributed by atoms with Gasteiger partial charge >= 0.3 is 0 Å². The predicted molar refractivity (Wildman–Crippen MR) is 106 cm³/mol. The number of sulfone groups is 1. The zero-order chi connectivity index (χ0) is 19.6. The molecule has 1 aliphatic heterocycles. The summed E-state index contributed by atoms with van der Waals surface area (Å²) in [5.41, 5.74) is 0.373. The van der Waals surface area contributed by atoms with E-state index in [2.05, 4.69) is 0 Å². The van der Waals surface area contributed by atoms with Crippen LogP contribution in [0.15, 0.2) is 47.4 Å². The summed E-state index contributed by atoms with van der Waals surface area (Å²) < 4.78 is 30.8. The van der Waals surface area contributed by atoms with Crippen molar-refractivity contribution in [2.45, 2.75) is 23.0 Å². The van der Waals surface area contributed by atoms with E-state index < -0.39 is 15.1 Å². The van der Waals surface area contributed by atoms with E-state index in [1.165, 1.54) is 13.2 Å². The number of nitrogens with zero attached hydrogens (tertiary/aromatic N) is 1. The van der Waals surface area contributed by atoms with Crippen molar-refractivity contribution in [3.63, 3.8) is 0 Å². The third-order valence-electron chi connectivity index (χ3n) is 4.72. The summed E-state index contributed by atoms with van der Waals surface area (Å²) in [6.07, 6.45) is 0.761. The summed E-state index contributed by atoms with van der Waals surface area (Å²) in [6.45, 7) is 0.718. The number of halogens is 2. The highest BCUT2D eigenvalue weighted by atomic mass is 35.5. The highest BCUT2D eigenvalue weighted by Crippen LogP contribution is 2.28. The molecule has 0 aliphatic carbocycles. The minimum absolute atomic E-state index is 0.211. The van der Waals surface area contributed by atoms with Crippen molar-refractivity contribution in [1.82, 2.24) is 4.90 Å². The molecule has 1 heterocycles. The number of likely N-dealkylation sites (tertiary alicyclic amines) is 1. The molecule has 0 N–H and O–H groups in total. The van der Waals surface area contributed by atoms with Crippen LogP contribution in [-0.4, -0.2) is 44.7 Å². The molecule has 1 fully saturated rings. The molecule has 8 heteroatoms. The van der Waals surface area contributed by atoms with Crippen LogP contribution >= 0.6 is 23.2 Å². The number of amides is 1. The maximum absolute atomic E-state index is 12.8. The number of carbonyl (C=O) groups excluding carboxylic acids is 1. The van der Waals surface area contributed by atoms with E-state index in [0.717, 1.165) is 0 Å². The summed E-state index contributed by atoms with van der Waals surface area (Å²) in [5.74, 6) is 0.395. The van der Waals surface area contributed by atoms with Gasteiger partial charge in [-0.1, -0.05) is 23.2 Å². The van der Waals surface area contributed by atoms with Crippen LogP contribution in [0.5, 0.6) is 5.75 Å². The Kier molecular flexibility index (Phi) is 5.99. The molecule has 144 valence electrons. The third kappa shape index (κ3) is 4.23. The molecule has 3 rings (SSSR count). The van der Waals surface area contributed by atoms with Crippen molar-refractivity contribution in [2.75, 3.05) is 20.2 Å². The molecule has 2 aromatic rings. The van der Waals surface area contributed by atoms with Crippen molar-refractivity contribution >= 4 is 38.9 Å². The highest BCUT2D eigenvalue weighted by Gasteiger charge is 2.33. The van der Waals surface area contributed by atoms with E-state index in [1.54, 1.807) is 41.3 Å². The average Bonchev–Trinajstić information content (AvgIpc) is 2.67. The lowest BCUT2D eigenvalue weighted by Gasteiger charge is -2.32. The molecule has 0 unspecified atom stereocenters. The van der Waals surface area contributed by atoms with Gasteiger partial charge in [-0.15, -0.1) is 0 Å². The van der Waals surface area contributed by atoms with Crippen molar-refractivity contribution in [1.29, 1.82) is 0 Å². The lowest BCUT2D eigenvalue weighted by atomic mass is 10.1. The van der Waals surface area contributed by atoms with Crippen LogP contribution in [0.4, 0.5) is 0 Å². The molecule has 27 heavy (non-hydrogen) atoms. The van der Waals surface area contributed by atoms with E-state index in [9.17, 15) is 13.2 Å². The van der Waals surface area contributed by atoms with Gasteiger partial charge in [0.05, 0.1) is 27.8 Å². The number of hydrogen-bond acceptors (Lipinski definition) is 4. The average molecular weight is 428 g/mol. The molecule has 1 amide bonds. The second-order valence-electron chi connectivity index (χ2n) is 6.34. The maximum atomic E-state index is 12.8. The Morgan fingerprint density at radius 2 is 1.70 bits per heavy atom. The second kappa shape index (κ2) is 8.09. The standard InChI is InChI=1S/C19H19Cl2NO4S/c1-26-14-3-5-15(6-4-14)27(24,25)16-8-10-22(11-9-16)19(23)17-7-2-13(20)12-18(17)21/h2-7,12,16H,8-11H2,1H3. The largest absolute Gasteiger partial charge is 0.497 e. The first-order valence-electron chi connectivity index (χ1n) is 8.45. The Balaban J connectivity index is 1.69. The molecule has 0 spiro atoms. The van der Waals surface area contributed by atoms with Gasteiger partial charge in [0.2, 0.25) is 0 Å². The monoisotopic (exact) mass is 427 g/mol. The van der Waals surface area contributed by atoms with Gasteiger partial charge in [0, 0.05) is 18.1 Å². The fourth-order valence-corrected chi connectivity index (χ4v) is 5.38. The van der Waals surface area contributed by atoms with Crippen LogP contribution in [0.1, 0.15) is 23.2 Å². The Morgan fingerprint density at radius 3 is 2.26 bits per heavy atom. The summed E-state index contributed by atoms with van der Waals surface area (Å²) in [7, 11) is -1.92. The molecule has 0 bridgehead atoms. The third-order valence-corrected chi connectivity index (χ3v) is 7.54. The molecule has 5 nitrogen and oxygen atoms in total. The topological polar surface area (TPSA) is 63.7 Å². The Morgan fingerprint density at radius 1 is 1.07 bits per heavy atom. The van der Waals surface area contributed by atoms with Gasteiger partial charge in [-0.05, 0) is 55.3 Å². The molecule has 2 aromatic carbocycles. The van der Waals surface area contributed by atoms with Gasteiger partial charge in [0.1, 0.15) is 5.75 Å². The van der Waals surface area contributed by atoms with Crippen LogP contribution in [0.3, 0.4) is 0 Å². The molecule has 0 saturated carbocycles. The lowest BCUT2D eigenvalue weighted by Crippen LogP contribution is -2.42. The predicted octanol–water partition coefficient (Wildman–Crippen LogP) is 4.08. The van der Waals surface area contributed by atoms with E-state index in [4.69, 9.17) is 27.9 Å². The Labute approximate surface area is 168 Å². The Bertz CT molecular complexity index is 937. The molecular formula is C19H19Cl2NO4S. The zero-order valence-electron chi connectivity index (χ0n) is 14.7. The molecule has 0 aromatic heterocycles. The van der Waals surface area contributed by atoms with E-state index >= 15 is 0 Å². The maximum Gasteiger partial charge on any atom is 0.255 e. The van der Waals surface area contributed by atoms with Gasteiger partial charge in [-0.2, -0.15) is 0 Å². The zero-order valence-corrected chi connectivity index (χ0v) is 17.0. The number of rotatable bonds is 4. The van der Waals surface area contributed by atoms with Crippen LogP contribution in [0.2, 0.25) is 10.0 Å². The molecule has 0 radical (unpaired) electrons. The second-order valence-corrected chi connectivity index (χ2v) is 9.41. The number of ether oxygens (including phenoxy) is 1. The first kappa shape index (κ1) is 20.0. The number of carbonyl (C=O) groups is 1. The SMILES string of the molecule is COc1ccc(S(=O)(=O)C2CCN(C(=O)c3ccc(Cl)cc3Cl)CC2)cc1. The van der Waals surface area contributed by atoms with Gasteiger partial charge < -0.3 is 9.64 Å². The fourth-order valence-electron chi connectivity index (χ4n) is 3.16. The van der Waals surface area contributed by atoms with Gasteiger partial charge in [-0.3, -0.25) is 4.79 Å². The van der Waals surface area contributed by atoms with Crippen molar-refractivity contribution in [3.05, 3.63) is 58.1 Å². The molecule has 1 saturated heterocycles. The van der Waals surface area contributed by atoms with Gasteiger partial charge in [0.15, 0.2) is 9.84 Å². The van der Waals surface area contributed by atoms with Crippen molar-refractivity contribution in [3.8, 4) is 5.75 Å². The van der Waals surface area contributed by atoms with Crippen LogP contribution in [0, 0.1) is 0 Å². The van der Waals surface area contributed by atoms with Crippen molar-refractivity contribution < 1.29 is 17.9 Å². The fraction of sp³-hybridized carbons (Fsp3) is 0.316. The number of methoxy groups -OCH3 is 1. The molecule has 0 atom stereocenters. The van der Waals surface area contributed by atoms with E-state index in [-0.39, 0.29) is 10.8 Å². The van der Waals surface area contributed by atoms with E-state index in [0.29, 0.717) is 47.3 Å². The van der Waals surface area contributed by atoms with Gasteiger partial charge in [-0.25, -0.2) is 8.42 Å². The van der Waals surface area contributed by atoms with Crippen LogP contribution in [0.25, 0.3) is 0 Å². The first-order chi connectivity index (χ1) is 12.8. The van der Waals surface area contributed by atoms with Crippen molar-refractivity contribution in [2.24, 2.45) is 0 Å². The molecular weight excluding hydrogens is 409 g/mol. The normalized spacial score (nSPS) is 15.6. The number of piperidine rings is 1. The summed E-state index contributed by atoms with van der Waals surface area (Å²) in [4.78, 5) is 14.6. The lowest BCUT2D eigenvalue weighted by molar-refractivity contribution is 0.0726. The van der Waals surface area contributed by atoms with E-state index in [1.807, 2.05) is 0 Å². The number of hydrogen-bond donors (Lipinski definition) is 0. The minimum atomic E-state index is -3.45. The van der Waals surface area contributed by atoms with Crippen LogP contribution < -0.4 is 4.74 Å². The number of benzene rings is 2.